The molecule has 0 amide bonds. The second-order valence-corrected chi connectivity index (χ2v) is 5.21. The number of nitrogens with zero attached hydrogens (tertiary/aromatic N) is 3. The molecule has 0 saturated heterocycles. The normalized spacial score (nSPS) is 11.3. The predicted molar refractivity (Wildman–Crippen MR) is 66.3 cm³/mol. The predicted octanol–water partition coefficient (Wildman–Crippen LogP) is 2.89. The van der Waals surface area contributed by atoms with Gasteiger partial charge in [-0.2, -0.15) is 0 Å². The zero-order chi connectivity index (χ0) is 13.1. The molecular formula is C10H15ClN4O2. The molecule has 0 aliphatic carbocycles. The lowest BCUT2D eigenvalue weighted by molar-refractivity contribution is -0.384. The largest absolute Gasteiger partial charge is 0.364 e. The van der Waals surface area contributed by atoms with Gasteiger partial charge in [-0.25, -0.2) is 9.97 Å². The van der Waals surface area contributed by atoms with Crippen molar-refractivity contribution in [3.05, 3.63) is 21.6 Å². The topological polar surface area (TPSA) is 81.0 Å². The van der Waals surface area contributed by atoms with Crippen LogP contribution in [0.15, 0.2) is 6.33 Å². The zero-order valence-electron chi connectivity index (χ0n) is 10.0. The van der Waals surface area contributed by atoms with Crippen molar-refractivity contribution in [1.82, 2.24) is 9.97 Å². The molecule has 1 aromatic rings. The lowest BCUT2D eigenvalue weighted by Gasteiger charge is -2.18. The van der Waals surface area contributed by atoms with Crippen molar-refractivity contribution in [2.75, 3.05) is 11.9 Å². The van der Waals surface area contributed by atoms with E-state index >= 15 is 0 Å². The first kappa shape index (κ1) is 13.6. The number of aromatic nitrogens is 2. The Morgan fingerprint density at radius 2 is 2.12 bits per heavy atom. The van der Waals surface area contributed by atoms with Crippen LogP contribution < -0.4 is 5.32 Å². The van der Waals surface area contributed by atoms with E-state index < -0.39 is 4.92 Å². The average molecular weight is 259 g/mol. The lowest BCUT2D eigenvalue weighted by atomic mass is 9.92. The van der Waals surface area contributed by atoms with Crippen molar-refractivity contribution < 1.29 is 4.92 Å². The molecule has 7 heteroatoms. The first-order valence-corrected chi connectivity index (χ1v) is 5.58. The summed E-state index contributed by atoms with van der Waals surface area (Å²) in [6.45, 7) is 6.87. The number of rotatable bonds is 4. The van der Waals surface area contributed by atoms with Gasteiger partial charge in [0, 0.05) is 6.54 Å². The van der Waals surface area contributed by atoms with Crippen molar-refractivity contribution in [3.8, 4) is 0 Å². The van der Waals surface area contributed by atoms with Gasteiger partial charge in [0.1, 0.15) is 6.33 Å². The number of nitrogens with one attached hydrogen (secondary N) is 1. The third-order valence-electron chi connectivity index (χ3n) is 2.13. The van der Waals surface area contributed by atoms with Gasteiger partial charge in [0.15, 0.2) is 0 Å². The van der Waals surface area contributed by atoms with Crippen LogP contribution in [0.2, 0.25) is 5.15 Å². The van der Waals surface area contributed by atoms with Crippen LogP contribution in [0.5, 0.6) is 0 Å². The van der Waals surface area contributed by atoms with Gasteiger partial charge >= 0.3 is 5.69 Å². The minimum Gasteiger partial charge on any atom is -0.364 e. The van der Waals surface area contributed by atoms with Gasteiger partial charge in [-0.15, -0.1) is 0 Å². The molecule has 1 N–H and O–H groups in total. The maximum Gasteiger partial charge on any atom is 0.348 e. The highest BCUT2D eigenvalue weighted by molar-refractivity contribution is 6.31. The van der Waals surface area contributed by atoms with Gasteiger partial charge in [-0.3, -0.25) is 10.1 Å². The maximum atomic E-state index is 10.8. The fraction of sp³-hybridized carbons (Fsp3) is 0.600. The molecule has 0 aromatic carbocycles. The number of nitro groups is 1. The molecule has 1 heterocycles. The smallest absolute Gasteiger partial charge is 0.348 e. The number of hydrogen-bond acceptors (Lipinski definition) is 5. The summed E-state index contributed by atoms with van der Waals surface area (Å²) in [4.78, 5) is 17.6. The molecule has 1 aromatic heterocycles. The summed E-state index contributed by atoms with van der Waals surface area (Å²) in [6.07, 6.45) is 2.07. The fourth-order valence-electron chi connectivity index (χ4n) is 1.20. The Morgan fingerprint density at radius 1 is 1.47 bits per heavy atom. The van der Waals surface area contributed by atoms with Gasteiger partial charge in [-0.05, 0) is 11.8 Å². The third-order valence-corrected chi connectivity index (χ3v) is 2.40. The van der Waals surface area contributed by atoms with E-state index in [1.165, 1.54) is 6.33 Å². The second-order valence-electron chi connectivity index (χ2n) is 4.86. The molecule has 0 unspecified atom stereocenters. The molecule has 0 saturated carbocycles. The lowest BCUT2D eigenvalue weighted by Crippen LogP contribution is -2.14. The minimum absolute atomic E-state index is 0.150. The number of anilines is 1. The third kappa shape index (κ3) is 4.14. The Labute approximate surface area is 105 Å². The standard InChI is InChI=1S/C10H15ClN4O2/c1-10(2,3)4-5-12-9-7(15(16)17)8(11)13-6-14-9/h6H,4-5H2,1-3H3,(H,12,13,14). The Kier molecular flexibility index (Phi) is 4.22. The van der Waals surface area contributed by atoms with Crippen LogP contribution in [0.3, 0.4) is 0 Å². The Balaban J connectivity index is 2.78. The highest BCUT2D eigenvalue weighted by atomic mass is 35.5. The second kappa shape index (κ2) is 5.27. The first-order valence-electron chi connectivity index (χ1n) is 5.20. The Hall–Kier alpha value is -1.43. The molecular weight excluding hydrogens is 244 g/mol. The van der Waals surface area contributed by atoms with E-state index in [4.69, 9.17) is 11.6 Å². The molecule has 0 fully saturated rings. The summed E-state index contributed by atoms with van der Waals surface area (Å²) in [5.74, 6) is 0.166. The summed E-state index contributed by atoms with van der Waals surface area (Å²) >= 11 is 5.66. The molecule has 0 spiro atoms. The van der Waals surface area contributed by atoms with Gasteiger partial charge in [0.05, 0.1) is 4.92 Å². The molecule has 6 nitrogen and oxygen atoms in total. The maximum absolute atomic E-state index is 10.8. The molecule has 0 atom stereocenters. The van der Waals surface area contributed by atoms with Gasteiger partial charge in [0.25, 0.3) is 0 Å². The summed E-state index contributed by atoms with van der Waals surface area (Å²) in [5, 5.41) is 13.6. The van der Waals surface area contributed by atoms with Crippen molar-refractivity contribution >= 4 is 23.1 Å². The molecule has 0 aliphatic heterocycles. The minimum atomic E-state index is -0.582. The molecule has 17 heavy (non-hydrogen) atoms. The summed E-state index contributed by atoms with van der Waals surface area (Å²) < 4.78 is 0. The summed E-state index contributed by atoms with van der Waals surface area (Å²) in [5.41, 5.74) is -0.124. The van der Waals surface area contributed by atoms with E-state index in [1.54, 1.807) is 0 Å². The van der Waals surface area contributed by atoms with Crippen LogP contribution in [-0.4, -0.2) is 21.4 Å². The number of hydrogen-bond donors (Lipinski definition) is 1. The van der Waals surface area contributed by atoms with E-state index in [0.29, 0.717) is 6.54 Å². The van der Waals surface area contributed by atoms with Crippen molar-refractivity contribution in [2.24, 2.45) is 5.41 Å². The van der Waals surface area contributed by atoms with Crippen LogP contribution in [-0.2, 0) is 0 Å². The molecule has 1 rings (SSSR count). The van der Waals surface area contributed by atoms with Crippen LogP contribution >= 0.6 is 11.6 Å². The molecule has 0 bridgehead atoms. The highest BCUT2D eigenvalue weighted by Gasteiger charge is 2.21. The van der Waals surface area contributed by atoms with Gasteiger partial charge < -0.3 is 5.32 Å². The van der Waals surface area contributed by atoms with E-state index in [-0.39, 0.29) is 22.1 Å². The molecule has 94 valence electrons. The van der Waals surface area contributed by atoms with Crippen LogP contribution in [0.25, 0.3) is 0 Å². The fourth-order valence-corrected chi connectivity index (χ4v) is 1.41. The van der Waals surface area contributed by atoms with Crippen molar-refractivity contribution in [2.45, 2.75) is 27.2 Å². The average Bonchev–Trinajstić information content (AvgIpc) is 2.14. The molecule has 0 aliphatic rings. The zero-order valence-corrected chi connectivity index (χ0v) is 10.8. The first-order chi connectivity index (χ1) is 7.81. The van der Waals surface area contributed by atoms with E-state index in [1.807, 2.05) is 0 Å². The van der Waals surface area contributed by atoms with E-state index in [2.05, 4.69) is 36.1 Å². The van der Waals surface area contributed by atoms with Gasteiger partial charge in [0.2, 0.25) is 11.0 Å². The highest BCUT2D eigenvalue weighted by Crippen LogP contribution is 2.28. The SMILES string of the molecule is CC(C)(C)CCNc1ncnc(Cl)c1[N+](=O)[O-]. The number of halogens is 1. The van der Waals surface area contributed by atoms with Gasteiger partial charge in [-0.1, -0.05) is 32.4 Å². The quantitative estimate of drug-likeness (QED) is 0.510. The van der Waals surface area contributed by atoms with Crippen LogP contribution in [0, 0.1) is 15.5 Å². The van der Waals surface area contributed by atoms with E-state index in [9.17, 15) is 10.1 Å². The van der Waals surface area contributed by atoms with Crippen molar-refractivity contribution in [3.63, 3.8) is 0 Å². The monoisotopic (exact) mass is 258 g/mol. The van der Waals surface area contributed by atoms with Crippen LogP contribution in [0.1, 0.15) is 27.2 Å². The van der Waals surface area contributed by atoms with Crippen LogP contribution in [0.4, 0.5) is 11.5 Å². The summed E-state index contributed by atoms with van der Waals surface area (Å²) in [6, 6.07) is 0. The Morgan fingerprint density at radius 3 is 2.65 bits per heavy atom. The Bertz CT molecular complexity index is 417. The molecule has 0 radical (unpaired) electrons. The summed E-state index contributed by atoms with van der Waals surface area (Å²) in [7, 11) is 0. The van der Waals surface area contributed by atoms with Crippen molar-refractivity contribution in [1.29, 1.82) is 0 Å². The van der Waals surface area contributed by atoms with E-state index in [0.717, 1.165) is 6.42 Å².